The van der Waals surface area contributed by atoms with Crippen molar-refractivity contribution in [1.82, 2.24) is 0 Å². The lowest BCUT2D eigenvalue weighted by Crippen LogP contribution is -2.19. The number of hydrogen-bond acceptors (Lipinski definition) is 3. The Balaban J connectivity index is 3.61. The zero-order chi connectivity index (χ0) is 9.12. The van der Waals surface area contributed by atoms with Gasteiger partial charge in [0.05, 0.1) is 13.0 Å². The molecule has 0 aromatic heterocycles. The summed E-state index contributed by atoms with van der Waals surface area (Å²) in [5.41, 5.74) is 0. The fourth-order valence-corrected chi connectivity index (χ4v) is 0.589. The third-order valence-corrected chi connectivity index (χ3v) is 1.13. The van der Waals surface area contributed by atoms with Crippen molar-refractivity contribution in [1.29, 1.82) is 0 Å². The van der Waals surface area contributed by atoms with E-state index in [1.54, 1.807) is 0 Å². The monoisotopic (exact) mass is 193 g/mol. The molecular weight excluding hydrogens is 187 g/mol. The summed E-state index contributed by atoms with van der Waals surface area (Å²) in [4.78, 5) is 0. The fraction of sp³-hybridized carbons (Fsp3) is 1.00. The van der Waals surface area contributed by atoms with E-state index in [4.69, 9.17) is 0 Å². The van der Waals surface area contributed by atoms with Gasteiger partial charge in [-0.2, -0.15) is 21.6 Å². The number of alkyl halides is 3. The van der Waals surface area contributed by atoms with Crippen LogP contribution in [0.1, 0.15) is 6.42 Å². The summed E-state index contributed by atoms with van der Waals surface area (Å²) in [6.45, 7) is -0.970. The minimum absolute atomic E-state index is 0.970. The molecule has 0 spiro atoms. The normalized spacial score (nSPS) is 13.5. The summed E-state index contributed by atoms with van der Waals surface area (Å²) in [5.74, 6) is 0. The Labute approximate surface area is 61.4 Å². The summed E-state index contributed by atoms with van der Waals surface area (Å²) in [7, 11) is -4.25. The highest BCUT2D eigenvalue weighted by Crippen LogP contribution is 2.19. The third-order valence-electron chi connectivity index (χ3n) is 0.633. The molecule has 0 atom stereocenters. The Kier molecular flexibility index (Phi) is 3.27. The second kappa shape index (κ2) is 3.37. The SMILES string of the molecule is NS(=O)(=O)OCCC(F)(F)F. The lowest BCUT2D eigenvalue weighted by atomic mass is 10.5. The molecule has 0 saturated carbocycles. The summed E-state index contributed by atoms with van der Waals surface area (Å²) in [6.07, 6.45) is -5.76. The van der Waals surface area contributed by atoms with Crippen LogP contribution in [0.2, 0.25) is 0 Å². The van der Waals surface area contributed by atoms with Crippen molar-refractivity contribution in [2.45, 2.75) is 12.6 Å². The van der Waals surface area contributed by atoms with E-state index in [9.17, 15) is 21.6 Å². The van der Waals surface area contributed by atoms with Crippen molar-refractivity contribution in [3.05, 3.63) is 0 Å². The predicted octanol–water partition coefficient (Wildman–Crippen LogP) is 0.159. The highest BCUT2D eigenvalue weighted by atomic mass is 32.2. The number of halogens is 3. The Hall–Kier alpha value is -0.340. The van der Waals surface area contributed by atoms with Crippen molar-refractivity contribution in [2.75, 3.05) is 6.61 Å². The zero-order valence-electron chi connectivity index (χ0n) is 5.26. The predicted molar refractivity (Wildman–Crippen MR) is 29.7 cm³/mol. The van der Waals surface area contributed by atoms with Crippen LogP contribution in [0.4, 0.5) is 13.2 Å². The maximum atomic E-state index is 11.3. The molecule has 0 radical (unpaired) electrons. The van der Waals surface area contributed by atoms with Gasteiger partial charge < -0.3 is 0 Å². The van der Waals surface area contributed by atoms with Crippen LogP contribution in [-0.2, 0) is 14.5 Å². The molecule has 0 amide bonds. The van der Waals surface area contributed by atoms with Crippen molar-refractivity contribution in [2.24, 2.45) is 5.14 Å². The van der Waals surface area contributed by atoms with Crippen LogP contribution in [-0.4, -0.2) is 21.2 Å². The fourth-order valence-electron chi connectivity index (χ4n) is 0.274. The molecule has 0 saturated heterocycles. The van der Waals surface area contributed by atoms with Gasteiger partial charge in [-0.25, -0.2) is 5.14 Å². The van der Waals surface area contributed by atoms with Gasteiger partial charge in [0, 0.05) is 0 Å². The van der Waals surface area contributed by atoms with Gasteiger partial charge in [0.1, 0.15) is 0 Å². The van der Waals surface area contributed by atoms with Crippen LogP contribution < -0.4 is 5.14 Å². The minimum Gasteiger partial charge on any atom is -0.258 e. The Morgan fingerprint density at radius 1 is 1.36 bits per heavy atom. The molecule has 0 aromatic carbocycles. The van der Waals surface area contributed by atoms with E-state index >= 15 is 0 Å². The van der Waals surface area contributed by atoms with Crippen LogP contribution in [0.5, 0.6) is 0 Å². The van der Waals surface area contributed by atoms with Crippen molar-refractivity contribution < 1.29 is 25.8 Å². The molecule has 4 nitrogen and oxygen atoms in total. The molecule has 8 heteroatoms. The lowest BCUT2D eigenvalue weighted by molar-refractivity contribution is -0.139. The topological polar surface area (TPSA) is 69.4 Å². The third kappa shape index (κ3) is 9.66. The molecule has 0 rings (SSSR count). The highest BCUT2D eigenvalue weighted by molar-refractivity contribution is 7.84. The average Bonchev–Trinajstić information content (AvgIpc) is 1.55. The first-order chi connectivity index (χ1) is 4.71. The number of hydrogen-bond donors (Lipinski definition) is 1. The molecule has 0 fully saturated rings. The molecule has 0 aliphatic carbocycles. The molecule has 0 heterocycles. The molecule has 11 heavy (non-hydrogen) atoms. The molecule has 0 aromatic rings. The molecule has 0 bridgehead atoms. The number of rotatable bonds is 3. The van der Waals surface area contributed by atoms with E-state index in [1.165, 1.54) is 0 Å². The van der Waals surface area contributed by atoms with E-state index in [2.05, 4.69) is 9.32 Å². The van der Waals surface area contributed by atoms with Crippen LogP contribution in [0, 0.1) is 0 Å². The van der Waals surface area contributed by atoms with Gasteiger partial charge in [0.15, 0.2) is 0 Å². The van der Waals surface area contributed by atoms with Gasteiger partial charge >= 0.3 is 16.5 Å². The summed E-state index contributed by atoms with van der Waals surface area (Å²) < 4.78 is 57.4. The standard InChI is InChI=1S/C3H6F3NO3S/c4-3(5,6)1-2-10-11(7,8)9/h1-2H2,(H2,7,8,9). The van der Waals surface area contributed by atoms with Crippen LogP contribution >= 0.6 is 0 Å². The maximum absolute atomic E-state index is 11.3. The van der Waals surface area contributed by atoms with E-state index in [0.29, 0.717) is 0 Å². The molecule has 2 N–H and O–H groups in total. The van der Waals surface area contributed by atoms with E-state index in [0.717, 1.165) is 0 Å². The van der Waals surface area contributed by atoms with E-state index in [-0.39, 0.29) is 0 Å². The molecular formula is C3H6F3NO3S. The van der Waals surface area contributed by atoms with Gasteiger partial charge in [0.2, 0.25) is 0 Å². The molecule has 0 unspecified atom stereocenters. The van der Waals surface area contributed by atoms with Crippen LogP contribution in [0.3, 0.4) is 0 Å². The summed E-state index contributed by atoms with van der Waals surface area (Å²) in [6, 6.07) is 0. The molecule has 0 aliphatic rings. The summed E-state index contributed by atoms with van der Waals surface area (Å²) >= 11 is 0. The maximum Gasteiger partial charge on any atom is 0.391 e. The van der Waals surface area contributed by atoms with Crippen molar-refractivity contribution in [3.63, 3.8) is 0 Å². The molecule has 0 aliphatic heterocycles. The second-order valence-electron chi connectivity index (χ2n) is 1.68. The second-order valence-corrected chi connectivity index (χ2v) is 2.90. The first-order valence-electron chi connectivity index (χ1n) is 2.44. The Morgan fingerprint density at radius 2 is 1.82 bits per heavy atom. The molecule has 68 valence electrons. The summed E-state index contributed by atoms with van der Waals surface area (Å²) in [5, 5.41) is 4.25. The van der Waals surface area contributed by atoms with Gasteiger partial charge in [-0.05, 0) is 0 Å². The van der Waals surface area contributed by atoms with E-state index in [1.807, 2.05) is 0 Å². The Bertz CT molecular complexity index is 208. The van der Waals surface area contributed by atoms with Crippen LogP contribution in [0.25, 0.3) is 0 Å². The smallest absolute Gasteiger partial charge is 0.258 e. The van der Waals surface area contributed by atoms with Crippen molar-refractivity contribution in [3.8, 4) is 0 Å². The number of nitrogens with two attached hydrogens (primary N) is 1. The van der Waals surface area contributed by atoms with Gasteiger partial charge in [0.25, 0.3) is 0 Å². The van der Waals surface area contributed by atoms with Gasteiger partial charge in [-0.1, -0.05) is 0 Å². The van der Waals surface area contributed by atoms with Crippen molar-refractivity contribution >= 4 is 10.3 Å². The zero-order valence-corrected chi connectivity index (χ0v) is 6.07. The van der Waals surface area contributed by atoms with E-state index < -0.39 is 29.5 Å². The first kappa shape index (κ1) is 10.7. The quantitative estimate of drug-likeness (QED) is 0.694. The minimum atomic E-state index is -4.43. The first-order valence-corrected chi connectivity index (χ1v) is 3.92. The van der Waals surface area contributed by atoms with Crippen LogP contribution in [0.15, 0.2) is 0 Å². The largest absolute Gasteiger partial charge is 0.391 e. The Morgan fingerprint density at radius 3 is 2.09 bits per heavy atom. The lowest BCUT2D eigenvalue weighted by Gasteiger charge is -2.04. The average molecular weight is 193 g/mol. The van der Waals surface area contributed by atoms with Gasteiger partial charge in [-0.3, -0.25) is 4.18 Å². The highest BCUT2D eigenvalue weighted by Gasteiger charge is 2.27. The van der Waals surface area contributed by atoms with Gasteiger partial charge in [-0.15, -0.1) is 0 Å².